The van der Waals surface area contributed by atoms with Gasteiger partial charge in [-0.2, -0.15) is 5.10 Å². The van der Waals surface area contributed by atoms with Gasteiger partial charge in [-0.15, -0.1) is 0 Å². The summed E-state index contributed by atoms with van der Waals surface area (Å²) in [5.41, 5.74) is 8.59. The van der Waals surface area contributed by atoms with Crippen LogP contribution in [-0.4, -0.2) is 30.3 Å². The molecular formula is C18H18Cl2N4O. The Kier molecular flexibility index (Phi) is 5.16. The molecule has 0 aliphatic carbocycles. The van der Waals surface area contributed by atoms with Gasteiger partial charge in [0, 0.05) is 16.5 Å². The summed E-state index contributed by atoms with van der Waals surface area (Å²) >= 11 is 12.1. The number of methoxy groups -OCH3 is 1. The number of hydrogen-bond donors (Lipinski definition) is 1. The van der Waals surface area contributed by atoms with Crippen LogP contribution >= 0.6 is 23.2 Å². The predicted octanol–water partition coefficient (Wildman–Crippen LogP) is 4.30. The van der Waals surface area contributed by atoms with Crippen molar-refractivity contribution < 1.29 is 4.74 Å². The van der Waals surface area contributed by atoms with E-state index in [0.717, 1.165) is 17.0 Å². The zero-order valence-electron chi connectivity index (χ0n) is 13.9. The van der Waals surface area contributed by atoms with Crippen LogP contribution in [0, 0.1) is 5.92 Å². The maximum Gasteiger partial charge on any atom is 0.217 e. The zero-order chi connectivity index (χ0) is 18.0. The first-order valence-electron chi connectivity index (χ1n) is 7.78. The number of hydrogen-bond acceptors (Lipinski definition) is 3. The standard InChI is InChI=1S/C18H18Cl2N4O/c1-11-10-24(18(21)22-13-8-6-12(19)7-9-13)23-16(11)14-4-3-5-15(20)17(14)25-2/h3-9,11H,10H2,1-2H3,(H2,21,22). The molecular weight excluding hydrogens is 359 g/mol. The average Bonchev–Trinajstić information content (AvgIpc) is 2.98. The van der Waals surface area contributed by atoms with Crippen LogP contribution in [-0.2, 0) is 0 Å². The Morgan fingerprint density at radius 2 is 1.96 bits per heavy atom. The van der Waals surface area contributed by atoms with Crippen LogP contribution < -0.4 is 10.5 Å². The summed E-state index contributed by atoms with van der Waals surface area (Å²) in [6, 6.07) is 12.8. The summed E-state index contributed by atoms with van der Waals surface area (Å²) in [6.45, 7) is 2.71. The molecule has 0 bridgehead atoms. The second-order valence-electron chi connectivity index (χ2n) is 5.74. The molecule has 0 saturated heterocycles. The van der Waals surface area contributed by atoms with Crippen LogP contribution in [0.15, 0.2) is 52.6 Å². The summed E-state index contributed by atoms with van der Waals surface area (Å²) in [6.07, 6.45) is 0. The van der Waals surface area contributed by atoms with E-state index in [1.165, 1.54) is 0 Å². The molecule has 2 aromatic rings. The molecule has 1 aliphatic heterocycles. The number of benzene rings is 2. The summed E-state index contributed by atoms with van der Waals surface area (Å²) < 4.78 is 5.43. The molecule has 1 heterocycles. The van der Waals surface area contributed by atoms with Crippen LogP contribution in [0.2, 0.25) is 10.0 Å². The first-order valence-corrected chi connectivity index (χ1v) is 8.54. The molecule has 7 heteroatoms. The minimum atomic E-state index is 0.159. The SMILES string of the molecule is COc1c(Cl)cccc1C1=NN(C(N)=Nc2ccc(Cl)cc2)CC1C. The third-order valence-corrected chi connectivity index (χ3v) is 4.47. The van der Waals surface area contributed by atoms with Gasteiger partial charge in [-0.1, -0.05) is 36.2 Å². The van der Waals surface area contributed by atoms with E-state index in [4.69, 9.17) is 33.7 Å². The Balaban J connectivity index is 1.91. The Hall–Kier alpha value is -2.24. The summed E-state index contributed by atoms with van der Waals surface area (Å²) in [5, 5.41) is 7.53. The van der Waals surface area contributed by atoms with Crippen LogP contribution in [0.4, 0.5) is 5.69 Å². The Morgan fingerprint density at radius 1 is 1.24 bits per heavy atom. The smallest absolute Gasteiger partial charge is 0.217 e. The first-order chi connectivity index (χ1) is 12.0. The number of aliphatic imine (C=N–C) groups is 1. The lowest BCUT2D eigenvalue weighted by molar-refractivity contribution is 0.414. The molecule has 0 amide bonds. The molecule has 0 aromatic heterocycles. The lowest BCUT2D eigenvalue weighted by Gasteiger charge is -2.12. The number of para-hydroxylation sites is 1. The van der Waals surface area contributed by atoms with Crippen molar-refractivity contribution in [3.8, 4) is 5.75 Å². The van der Waals surface area contributed by atoms with Gasteiger partial charge < -0.3 is 10.5 Å². The van der Waals surface area contributed by atoms with Crippen molar-refractivity contribution in [2.45, 2.75) is 6.92 Å². The highest BCUT2D eigenvalue weighted by atomic mass is 35.5. The fraction of sp³-hybridized carbons (Fsp3) is 0.222. The molecule has 25 heavy (non-hydrogen) atoms. The van der Waals surface area contributed by atoms with Crippen molar-refractivity contribution in [3.63, 3.8) is 0 Å². The Morgan fingerprint density at radius 3 is 2.64 bits per heavy atom. The molecule has 1 unspecified atom stereocenters. The number of halogens is 2. The van der Waals surface area contributed by atoms with Crippen LogP contribution in [0.1, 0.15) is 12.5 Å². The molecule has 0 saturated carbocycles. The lowest BCUT2D eigenvalue weighted by Crippen LogP contribution is -2.32. The van der Waals surface area contributed by atoms with Crippen molar-refractivity contribution >= 4 is 40.6 Å². The molecule has 1 atom stereocenters. The van der Waals surface area contributed by atoms with Gasteiger partial charge in [-0.3, -0.25) is 0 Å². The van der Waals surface area contributed by atoms with Crippen molar-refractivity contribution in [3.05, 3.63) is 58.1 Å². The van der Waals surface area contributed by atoms with Crippen LogP contribution in [0.5, 0.6) is 5.75 Å². The normalized spacial score (nSPS) is 17.6. The first kappa shape index (κ1) is 17.6. The van der Waals surface area contributed by atoms with Gasteiger partial charge in [0.15, 0.2) is 0 Å². The Labute approximate surface area is 156 Å². The molecule has 130 valence electrons. The van der Waals surface area contributed by atoms with Gasteiger partial charge in [0.2, 0.25) is 5.96 Å². The molecule has 0 fully saturated rings. The topological polar surface area (TPSA) is 63.2 Å². The van der Waals surface area contributed by atoms with Crippen LogP contribution in [0.25, 0.3) is 0 Å². The Bertz CT molecular complexity index is 833. The zero-order valence-corrected chi connectivity index (χ0v) is 15.4. The number of nitrogens with two attached hydrogens (primary N) is 1. The maximum absolute atomic E-state index is 6.22. The van der Waals surface area contributed by atoms with Crippen molar-refractivity contribution in [1.82, 2.24) is 5.01 Å². The molecule has 1 aliphatic rings. The number of ether oxygens (including phenoxy) is 1. The summed E-state index contributed by atoms with van der Waals surface area (Å²) in [7, 11) is 1.60. The van der Waals surface area contributed by atoms with E-state index in [-0.39, 0.29) is 5.92 Å². The number of guanidine groups is 1. The third kappa shape index (κ3) is 3.72. The fourth-order valence-corrected chi connectivity index (χ4v) is 3.08. The monoisotopic (exact) mass is 376 g/mol. The molecule has 0 radical (unpaired) electrons. The van der Waals surface area contributed by atoms with Crippen molar-refractivity contribution in [2.75, 3.05) is 13.7 Å². The minimum absolute atomic E-state index is 0.159. The summed E-state index contributed by atoms with van der Waals surface area (Å²) in [5.74, 6) is 1.10. The van der Waals surface area contributed by atoms with Gasteiger partial charge in [-0.05, 0) is 36.4 Å². The second-order valence-corrected chi connectivity index (χ2v) is 6.58. The number of nitrogens with zero attached hydrogens (tertiary/aromatic N) is 3. The predicted molar refractivity (Wildman–Crippen MR) is 103 cm³/mol. The molecule has 2 aromatic carbocycles. The van der Waals surface area contributed by atoms with E-state index in [9.17, 15) is 0 Å². The van der Waals surface area contributed by atoms with Crippen molar-refractivity contribution in [2.24, 2.45) is 21.7 Å². The van der Waals surface area contributed by atoms with E-state index < -0.39 is 0 Å². The highest BCUT2D eigenvalue weighted by Crippen LogP contribution is 2.32. The van der Waals surface area contributed by atoms with E-state index >= 15 is 0 Å². The van der Waals surface area contributed by atoms with E-state index in [0.29, 0.717) is 28.3 Å². The van der Waals surface area contributed by atoms with E-state index in [1.54, 1.807) is 42.5 Å². The second kappa shape index (κ2) is 7.33. The number of hydrazone groups is 1. The van der Waals surface area contributed by atoms with Crippen LogP contribution in [0.3, 0.4) is 0 Å². The molecule has 0 spiro atoms. The highest BCUT2D eigenvalue weighted by molar-refractivity contribution is 6.33. The minimum Gasteiger partial charge on any atom is -0.494 e. The quantitative estimate of drug-likeness (QED) is 0.641. The third-order valence-electron chi connectivity index (χ3n) is 3.92. The molecule has 2 N–H and O–H groups in total. The fourth-order valence-electron chi connectivity index (χ4n) is 2.70. The maximum atomic E-state index is 6.22. The van der Waals surface area contributed by atoms with Gasteiger partial charge in [0.1, 0.15) is 5.75 Å². The van der Waals surface area contributed by atoms with Crippen molar-refractivity contribution in [1.29, 1.82) is 0 Å². The number of rotatable bonds is 3. The van der Waals surface area contributed by atoms with E-state index in [1.807, 2.05) is 12.1 Å². The van der Waals surface area contributed by atoms with Gasteiger partial charge >= 0.3 is 0 Å². The summed E-state index contributed by atoms with van der Waals surface area (Å²) in [4.78, 5) is 4.40. The average molecular weight is 377 g/mol. The lowest BCUT2D eigenvalue weighted by atomic mass is 9.98. The molecule has 5 nitrogen and oxygen atoms in total. The van der Waals surface area contributed by atoms with Gasteiger partial charge in [0.25, 0.3) is 0 Å². The van der Waals surface area contributed by atoms with Gasteiger partial charge in [0.05, 0.1) is 30.1 Å². The largest absolute Gasteiger partial charge is 0.494 e. The molecule has 3 rings (SSSR count). The van der Waals surface area contributed by atoms with Gasteiger partial charge in [-0.25, -0.2) is 10.0 Å². The van der Waals surface area contributed by atoms with E-state index in [2.05, 4.69) is 17.0 Å². The highest BCUT2D eigenvalue weighted by Gasteiger charge is 2.28.